The number of rotatable bonds is 10. The molecule has 5 rings (SSSR count). The van der Waals surface area contributed by atoms with E-state index in [1.165, 1.54) is 5.56 Å². The molecule has 1 aliphatic heterocycles. The Kier molecular flexibility index (Phi) is 8.63. The molecule has 0 radical (unpaired) electrons. The van der Waals surface area contributed by atoms with Crippen molar-refractivity contribution >= 4 is 32.4 Å². The Balaban J connectivity index is 1.30. The van der Waals surface area contributed by atoms with Crippen molar-refractivity contribution in [3.63, 3.8) is 0 Å². The first-order valence-corrected chi connectivity index (χ1v) is 15.3. The Labute approximate surface area is 237 Å². The van der Waals surface area contributed by atoms with Crippen molar-refractivity contribution in [1.82, 2.24) is 19.2 Å². The number of nitrogens with one attached hydrogen (secondary N) is 1. The van der Waals surface area contributed by atoms with Crippen molar-refractivity contribution in [3.8, 4) is 5.75 Å². The average molecular weight is 560 g/mol. The monoisotopic (exact) mass is 559 g/mol. The maximum Gasteiger partial charge on any atom is 0.243 e. The zero-order valence-corrected chi connectivity index (χ0v) is 24.2. The van der Waals surface area contributed by atoms with Crippen LogP contribution in [-0.2, 0) is 16.4 Å². The van der Waals surface area contributed by atoms with Crippen LogP contribution < -0.4 is 10.1 Å². The van der Waals surface area contributed by atoms with Gasteiger partial charge in [-0.1, -0.05) is 37.6 Å². The summed E-state index contributed by atoms with van der Waals surface area (Å²) in [5, 5.41) is 4.38. The first-order valence-electron chi connectivity index (χ1n) is 13.9. The smallest absolute Gasteiger partial charge is 0.243 e. The summed E-state index contributed by atoms with van der Waals surface area (Å²) in [6.07, 6.45) is 3.20. The summed E-state index contributed by atoms with van der Waals surface area (Å²) in [5.74, 6) is 2.23. The van der Waals surface area contributed by atoms with E-state index < -0.39 is 10.0 Å². The molecule has 1 aromatic heterocycles. The van der Waals surface area contributed by atoms with E-state index in [-0.39, 0.29) is 6.04 Å². The van der Waals surface area contributed by atoms with Crippen molar-refractivity contribution in [2.45, 2.75) is 44.0 Å². The van der Waals surface area contributed by atoms with E-state index in [9.17, 15) is 8.42 Å². The van der Waals surface area contributed by atoms with Crippen LogP contribution in [0.4, 0.5) is 11.5 Å². The maximum atomic E-state index is 13.3. The molecule has 1 N–H and O–H groups in total. The second kappa shape index (κ2) is 12.3. The van der Waals surface area contributed by atoms with Gasteiger partial charge in [-0.15, -0.1) is 0 Å². The third kappa shape index (κ3) is 6.11. The summed E-state index contributed by atoms with van der Waals surface area (Å²) in [6, 6.07) is 23.0. The molecule has 0 amide bonds. The van der Waals surface area contributed by atoms with Crippen molar-refractivity contribution in [2.24, 2.45) is 0 Å². The lowest BCUT2D eigenvalue weighted by molar-refractivity contribution is 0.141. The molecule has 1 aliphatic rings. The quantitative estimate of drug-likeness (QED) is 0.263. The van der Waals surface area contributed by atoms with Crippen LogP contribution in [0.25, 0.3) is 10.9 Å². The standard InChI is InChI=1S/C31H37N5O3S/c1-4-5-8-24-11-17-27(18-12-24)40(37,38)36-21-19-35(20-22-36)23(2)30-33-29-10-7-6-9-28(29)31(34-30)32-25-13-15-26(39-3)16-14-25/h6-7,9-18,23H,4-5,8,19-22H2,1-3H3,(H,32,33,34)/t23-/m0/s1. The molecule has 3 aromatic carbocycles. The van der Waals surface area contributed by atoms with Crippen LogP contribution in [0.15, 0.2) is 77.7 Å². The second-order valence-electron chi connectivity index (χ2n) is 10.2. The number of sulfonamides is 1. The fourth-order valence-corrected chi connectivity index (χ4v) is 6.46. The lowest BCUT2D eigenvalue weighted by atomic mass is 10.1. The first-order chi connectivity index (χ1) is 19.4. The van der Waals surface area contributed by atoms with Crippen LogP contribution in [0, 0.1) is 0 Å². The number of fused-ring (bicyclic) bond motifs is 1. The number of hydrogen-bond acceptors (Lipinski definition) is 7. The number of benzene rings is 3. The van der Waals surface area contributed by atoms with Gasteiger partial charge in [0, 0.05) is 37.3 Å². The molecule has 0 saturated carbocycles. The number of hydrogen-bond donors (Lipinski definition) is 1. The molecule has 40 heavy (non-hydrogen) atoms. The van der Waals surface area contributed by atoms with Crippen LogP contribution in [-0.4, -0.2) is 60.9 Å². The molecule has 0 bridgehead atoms. The minimum atomic E-state index is -3.53. The van der Waals surface area contributed by atoms with Gasteiger partial charge in [-0.2, -0.15) is 4.31 Å². The van der Waals surface area contributed by atoms with Crippen molar-refractivity contribution in [1.29, 1.82) is 0 Å². The average Bonchev–Trinajstić information content (AvgIpc) is 3.00. The van der Waals surface area contributed by atoms with Gasteiger partial charge in [0.1, 0.15) is 17.4 Å². The van der Waals surface area contributed by atoms with Gasteiger partial charge in [0.05, 0.1) is 23.6 Å². The molecule has 0 spiro atoms. The largest absolute Gasteiger partial charge is 0.497 e. The van der Waals surface area contributed by atoms with Crippen LogP contribution >= 0.6 is 0 Å². The number of aromatic nitrogens is 2. The number of nitrogens with zero attached hydrogens (tertiary/aromatic N) is 4. The summed E-state index contributed by atoms with van der Waals surface area (Å²) in [4.78, 5) is 12.4. The normalized spacial score (nSPS) is 15.7. The molecule has 4 aromatic rings. The van der Waals surface area contributed by atoms with Crippen LogP contribution in [0.5, 0.6) is 5.75 Å². The van der Waals surface area contributed by atoms with Crippen LogP contribution in [0.3, 0.4) is 0 Å². The molecule has 1 saturated heterocycles. The molecule has 9 heteroatoms. The Morgan fingerprint density at radius 3 is 2.30 bits per heavy atom. The van der Waals surface area contributed by atoms with Crippen molar-refractivity contribution < 1.29 is 13.2 Å². The zero-order chi connectivity index (χ0) is 28.1. The topological polar surface area (TPSA) is 87.7 Å². The number of aryl methyl sites for hydroxylation is 1. The lowest BCUT2D eigenvalue weighted by Gasteiger charge is -2.37. The first kappa shape index (κ1) is 28.0. The minimum Gasteiger partial charge on any atom is -0.497 e. The second-order valence-corrected chi connectivity index (χ2v) is 12.1. The van der Waals surface area contributed by atoms with Gasteiger partial charge in [-0.05, 0) is 73.9 Å². The predicted molar refractivity (Wildman–Crippen MR) is 160 cm³/mol. The zero-order valence-electron chi connectivity index (χ0n) is 23.4. The van der Waals surface area contributed by atoms with Crippen molar-refractivity contribution in [2.75, 3.05) is 38.6 Å². The highest BCUT2D eigenvalue weighted by atomic mass is 32.2. The number of unbranched alkanes of at least 4 members (excludes halogenated alkanes) is 1. The molecule has 210 valence electrons. The SMILES string of the molecule is CCCCc1ccc(S(=O)(=O)N2CCN([C@@H](C)c3nc(Nc4ccc(OC)cc4)c4ccccc4n3)CC2)cc1. The van der Waals surface area contributed by atoms with Gasteiger partial charge in [0.15, 0.2) is 0 Å². The van der Waals surface area contributed by atoms with Crippen LogP contribution in [0.2, 0.25) is 0 Å². The van der Waals surface area contributed by atoms with Crippen molar-refractivity contribution in [3.05, 3.63) is 84.2 Å². The summed E-state index contributed by atoms with van der Waals surface area (Å²) in [7, 11) is -1.88. The Morgan fingerprint density at radius 2 is 1.62 bits per heavy atom. The van der Waals surface area contributed by atoms with Crippen LogP contribution in [0.1, 0.15) is 44.1 Å². The Morgan fingerprint density at radius 1 is 0.925 bits per heavy atom. The summed E-state index contributed by atoms with van der Waals surface area (Å²) in [6.45, 7) is 6.30. The van der Waals surface area contributed by atoms with E-state index in [1.54, 1.807) is 23.5 Å². The number of para-hydroxylation sites is 1. The Hall–Kier alpha value is -3.53. The third-order valence-electron chi connectivity index (χ3n) is 7.55. The van der Waals surface area contributed by atoms with E-state index in [1.807, 2.05) is 60.7 Å². The number of ether oxygens (including phenoxy) is 1. The summed E-state index contributed by atoms with van der Waals surface area (Å²) < 4.78 is 33.5. The highest BCUT2D eigenvalue weighted by molar-refractivity contribution is 7.89. The Bertz CT molecular complexity index is 1530. The third-order valence-corrected chi connectivity index (χ3v) is 9.46. The maximum absolute atomic E-state index is 13.3. The van der Waals surface area contributed by atoms with Gasteiger partial charge in [-0.25, -0.2) is 18.4 Å². The molecule has 0 unspecified atom stereocenters. The molecular weight excluding hydrogens is 522 g/mol. The van der Waals surface area contributed by atoms with Gasteiger partial charge >= 0.3 is 0 Å². The number of anilines is 2. The van der Waals surface area contributed by atoms with E-state index in [2.05, 4.69) is 24.1 Å². The summed E-state index contributed by atoms with van der Waals surface area (Å²) >= 11 is 0. The van der Waals surface area contributed by atoms with E-state index in [4.69, 9.17) is 14.7 Å². The molecule has 0 aliphatic carbocycles. The minimum absolute atomic E-state index is 0.0799. The van der Waals surface area contributed by atoms with Gasteiger partial charge in [-0.3, -0.25) is 4.90 Å². The van der Waals surface area contributed by atoms with E-state index in [0.717, 1.165) is 47.4 Å². The fraction of sp³-hybridized carbons (Fsp3) is 0.355. The molecule has 1 atom stereocenters. The highest BCUT2D eigenvalue weighted by Crippen LogP contribution is 2.29. The highest BCUT2D eigenvalue weighted by Gasteiger charge is 2.31. The number of piperazine rings is 1. The van der Waals surface area contributed by atoms with Gasteiger partial charge < -0.3 is 10.1 Å². The van der Waals surface area contributed by atoms with E-state index in [0.29, 0.717) is 36.9 Å². The lowest BCUT2D eigenvalue weighted by Crippen LogP contribution is -2.49. The molecule has 1 fully saturated rings. The molecule has 8 nitrogen and oxygen atoms in total. The van der Waals surface area contributed by atoms with Gasteiger partial charge in [0.2, 0.25) is 10.0 Å². The summed E-state index contributed by atoms with van der Waals surface area (Å²) in [5.41, 5.74) is 2.94. The van der Waals surface area contributed by atoms with E-state index >= 15 is 0 Å². The number of methoxy groups -OCH3 is 1. The molecular formula is C31H37N5O3S. The fourth-order valence-electron chi connectivity index (χ4n) is 5.04. The molecule has 2 heterocycles. The predicted octanol–water partition coefficient (Wildman–Crippen LogP) is 5.79. The van der Waals surface area contributed by atoms with Gasteiger partial charge in [0.25, 0.3) is 0 Å².